The van der Waals surface area contributed by atoms with Gasteiger partial charge in [-0.05, 0) is 43.0 Å². The van der Waals surface area contributed by atoms with Crippen molar-refractivity contribution in [1.82, 2.24) is 0 Å². The average molecular weight is 235 g/mol. The van der Waals surface area contributed by atoms with E-state index < -0.39 is 0 Å². The maximum atomic E-state index is 11.6. The Labute approximate surface area is 103 Å². The SMILES string of the molecule is CC(C)CCCCOC(=O)c1ccc(N)cc1. The van der Waals surface area contributed by atoms with Crippen LogP contribution in [0.1, 0.15) is 43.5 Å². The molecule has 0 fully saturated rings. The van der Waals surface area contributed by atoms with E-state index in [0.717, 1.165) is 12.8 Å². The summed E-state index contributed by atoms with van der Waals surface area (Å²) >= 11 is 0. The van der Waals surface area contributed by atoms with Crippen molar-refractivity contribution >= 4 is 11.7 Å². The number of ether oxygens (including phenoxy) is 1. The van der Waals surface area contributed by atoms with Crippen LogP contribution < -0.4 is 5.73 Å². The predicted octanol–water partition coefficient (Wildman–Crippen LogP) is 3.25. The lowest BCUT2D eigenvalue weighted by Crippen LogP contribution is -2.06. The van der Waals surface area contributed by atoms with E-state index in [-0.39, 0.29) is 5.97 Å². The number of esters is 1. The van der Waals surface area contributed by atoms with Crippen molar-refractivity contribution in [3.63, 3.8) is 0 Å². The fourth-order valence-electron chi connectivity index (χ4n) is 1.52. The van der Waals surface area contributed by atoms with Gasteiger partial charge in [0.25, 0.3) is 0 Å². The molecule has 0 unspecified atom stereocenters. The minimum Gasteiger partial charge on any atom is -0.462 e. The molecule has 0 radical (unpaired) electrons. The van der Waals surface area contributed by atoms with Crippen molar-refractivity contribution in [3.8, 4) is 0 Å². The first-order valence-electron chi connectivity index (χ1n) is 6.12. The molecule has 1 aromatic carbocycles. The van der Waals surface area contributed by atoms with Crippen LogP contribution in [0.2, 0.25) is 0 Å². The van der Waals surface area contributed by atoms with Crippen LogP contribution in [-0.4, -0.2) is 12.6 Å². The Morgan fingerprint density at radius 2 is 1.88 bits per heavy atom. The second kappa shape index (κ2) is 6.94. The molecule has 0 aliphatic heterocycles. The van der Waals surface area contributed by atoms with E-state index in [0.29, 0.717) is 23.8 Å². The van der Waals surface area contributed by atoms with Gasteiger partial charge < -0.3 is 10.5 Å². The zero-order valence-corrected chi connectivity index (χ0v) is 10.6. The largest absolute Gasteiger partial charge is 0.462 e. The van der Waals surface area contributed by atoms with Gasteiger partial charge in [-0.1, -0.05) is 20.3 Å². The van der Waals surface area contributed by atoms with Crippen LogP contribution in [0.4, 0.5) is 5.69 Å². The third-order valence-corrected chi connectivity index (χ3v) is 2.56. The number of hydrogen-bond acceptors (Lipinski definition) is 3. The molecular weight excluding hydrogens is 214 g/mol. The second-order valence-electron chi connectivity index (χ2n) is 4.65. The van der Waals surface area contributed by atoms with Crippen molar-refractivity contribution in [2.45, 2.75) is 33.1 Å². The van der Waals surface area contributed by atoms with Gasteiger partial charge in [-0.25, -0.2) is 4.79 Å². The summed E-state index contributed by atoms with van der Waals surface area (Å²) in [5.41, 5.74) is 6.75. The number of hydrogen-bond donors (Lipinski definition) is 1. The van der Waals surface area contributed by atoms with Crippen LogP contribution in [-0.2, 0) is 4.74 Å². The molecule has 0 saturated carbocycles. The van der Waals surface area contributed by atoms with Crippen molar-refractivity contribution in [1.29, 1.82) is 0 Å². The smallest absolute Gasteiger partial charge is 0.338 e. The molecule has 0 spiro atoms. The number of nitrogens with two attached hydrogens (primary N) is 1. The molecule has 0 amide bonds. The number of carbonyl (C=O) groups excluding carboxylic acids is 1. The summed E-state index contributed by atoms with van der Waals surface area (Å²) in [6.07, 6.45) is 3.21. The minimum absolute atomic E-state index is 0.269. The zero-order chi connectivity index (χ0) is 12.7. The maximum Gasteiger partial charge on any atom is 0.338 e. The summed E-state index contributed by atoms with van der Waals surface area (Å²) in [5.74, 6) is 0.442. The number of unbranched alkanes of at least 4 members (excludes halogenated alkanes) is 1. The average Bonchev–Trinajstić information content (AvgIpc) is 2.29. The molecule has 1 aromatic rings. The lowest BCUT2D eigenvalue weighted by atomic mass is 10.1. The molecule has 94 valence electrons. The monoisotopic (exact) mass is 235 g/mol. The number of rotatable bonds is 6. The van der Waals surface area contributed by atoms with E-state index in [1.54, 1.807) is 24.3 Å². The van der Waals surface area contributed by atoms with Gasteiger partial charge in [0.05, 0.1) is 12.2 Å². The maximum absolute atomic E-state index is 11.6. The second-order valence-corrected chi connectivity index (χ2v) is 4.65. The van der Waals surface area contributed by atoms with E-state index in [2.05, 4.69) is 13.8 Å². The number of nitrogen functional groups attached to an aromatic ring is 1. The molecule has 17 heavy (non-hydrogen) atoms. The molecule has 0 saturated heterocycles. The zero-order valence-electron chi connectivity index (χ0n) is 10.6. The quantitative estimate of drug-likeness (QED) is 0.468. The number of carbonyl (C=O) groups is 1. The molecule has 0 aromatic heterocycles. The summed E-state index contributed by atoms with van der Waals surface area (Å²) in [5, 5.41) is 0. The van der Waals surface area contributed by atoms with Gasteiger partial charge in [0.2, 0.25) is 0 Å². The summed E-state index contributed by atoms with van der Waals surface area (Å²) in [6, 6.07) is 6.78. The fraction of sp³-hybridized carbons (Fsp3) is 0.500. The number of anilines is 1. The van der Waals surface area contributed by atoms with Crippen molar-refractivity contribution < 1.29 is 9.53 Å². The summed E-state index contributed by atoms with van der Waals surface area (Å²) in [4.78, 5) is 11.6. The van der Waals surface area contributed by atoms with Gasteiger partial charge in [-0.15, -0.1) is 0 Å². The van der Waals surface area contributed by atoms with Crippen LogP contribution in [0.25, 0.3) is 0 Å². The van der Waals surface area contributed by atoms with Crippen molar-refractivity contribution in [2.75, 3.05) is 12.3 Å². The van der Waals surface area contributed by atoms with Crippen LogP contribution in [0.15, 0.2) is 24.3 Å². The Balaban J connectivity index is 2.23. The van der Waals surface area contributed by atoms with Crippen LogP contribution >= 0.6 is 0 Å². The van der Waals surface area contributed by atoms with Gasteiger partial charge in [0.15, 0.2) is 0 Å². The molecule has 2 N–H and O–H groups in total. The first-order chi connectivity index (χ1) is 8.09. The lowest BCUT2D eigenvalue weighted by Gasteiger charge is -2.06. The lowest BCUT2D eigenvalue weighted by molar-refractivity contribution is 0.0497. The minimum atomic E-state index is -0.269. The molecule has 0 heterocycles. The Hall–Kier alpha value is -1.51. The highest BCUT2D eigenvalue weighted by molar-refractivity contribution is 5.89. The third kappa shape index (κ3) is 5.38. The Kier molecular flexibility index (Phi) is 5.53. The topological polar surface area (TPSA) is 52.3 Å². The molecular formula is C14H21NO2. The van der Waals surface area contributed by atoms with Crippen molar-refractivity contribution in [3.05, 3.63) is 29.8 Å². The van der Waals surface area contributed by atoms with Gasteiger partial charge in [-0.2, -0.15) is 0 Å². The Morgan fingerprint density at radius 3 is 2.47 bits per heavy atom. The van der Waals surface area contributed by atoms with E-state index in [1.807, 2.05) is 0 Å². The molecule has 0 atom stereocenters. The Bertz CT molecular complexity index is 344. The standard InChI is InChI=1S/C14H21NO2/c1-11(2)5-3-4-10-17-14(16)12-6-8-13(15)9-7-12/h6-9,11H,3-5,10,15H2,1-2H3. The van der Waals surface area contributed by atoms with Gasteiger partial charge in [0, 0.05) is 5.69 Å². The normalized spacial score (nSPS) is 10.5. The molecule has 1 rings (SSSR count). The third-order valence-electron chi connectivity index (χ3n) is 2.56. The molecule has 3 nitrogen and oxygen atoms in total. The van der Waals surface area contributed by atoms with E-state index >= 15 is 0 Å². The summed E-state index contributed by atoms with van der Waals surface area (Å²) in [6.45, 7) is 4.89. The van der Waals surface area contributed by atoms with Crippen LogP contribution in [0.5, 0.6) is 0 Å². The predicted molar refractivity (Wildman–Crippen MR) is 69.8 cm³/mol. The highest BCUT2D eigenvalue weighted by Crippen LogP contribution is 2.09. The van der Waals surface area contributed by atoms with Gasteiger partial charge in [-0.3, -0.25) is 0 Å². The molecule has 0 bridgehead atoms. The Morgan fingerprint density at radius 1 is 1.24 bits per heavy atom. The first kappa shape index (κ1) is 13.6. The van der Waals surface area contributed by atoms with E-state index in [1.165, 1.54) is 6.42 Å². The van der Waals surface area contributed by atoms with E-state index in [4.69, 9.17) is 10.5 Å². The first-order valence-corrected chi connectivity index (χ1v) is 6.12. The van der Waals surface area contributed by atoms with Crippen LogP contribution in [0, 0.1) is 5.92 Å². The molecule has 3 heteroatoms. The number of benzene rings is 1. The highest BCUT2D eigenvalue weighted by atomic mass is 16.5. The summed E-state index contributed by atoms with van der Waals surface area (Å²) < 4.78 is 5.17. The van der Waals surface area contributed by atoms with Crippen molar-refractivity contribution in [2.24, 2.45) is 5.92 Å². The fourth-order valence-corrected chi connectivity index (χ4v) is 1.52. The molecule has 0 aliphatic rings. The van der Waals surface area contributed by atoms with Gasteiger partial charge >= 0.3 is 5.97 Å². The van der Waals surface area contributed by atoms with Crippen LogP contribution in [0.3, 0.4) is 0 Å². The highest BCUT2D eigenvalue weighted by Gasteiger charge is 2.05. The van der Waals surface area contributed by atoms with Gasteiger partial charge in [0.1, 0.15) is 0 Å². The summed E-state index contributed by atoms with van der Waals surface area (Å²) in [7, 11) is 0. The molecule has 0 aliphatic carbocycles. The van der Waals surface area contributed by atoms with E-state index in [9.17, 15) is 4.79 Å².